The average Bonchev–Trinajstić information content (AvgIpc) is 2.96. The summed E-state index contributed by atoms with van der Waals surface area (Å²) in [5.74, 6) is 0. The van der Waals surface area contributed by atoms with Crippen LogP contribution in [0.25, 0.3) is 11.0 Å². The van der Waals surface area contributed by atoms with Crippen molar-refractivity contribution >= 4 is 16.7 Å². The van der Waals surface area contributed by atoms with Gasteiger partial charge in [-0.3, -0.25) is 0 Å². The van der Waals surface area contributed by atoms with E-state index in [2.05, 4.69) is 20.9 Å². The molecule has 2 aromatic rings. The molecule has 0 atom stereocenters. The summed E-state index contributed by atoms with van der Waals surface area (Å²) in [7, 11) is 0. The first-order valence-electron chi connectivity index (χ1n) is 7.23. The standard InChI is InChI=1S/C15H19N3O/c1-2-4-12(5-3-1)18-10-19-9-11-8-17-15-13(14(11)18)6-7-16-15/h6-8,12H,1-5,9-10H2,(H,16,17). The summed E-state index contributed by atoms with van der Waals surface area (Å²) < 4.78 is 5.76. The molecule has 0 aromatic carbocycles. The van der Waals surface area contributed by atoms with Crippen molar-refractivity contribution in [1.29, 1.82) is 0 Å². The van der Waals surface area contributed by atoms with E-state index in [1.165, 1.54) is 48.7 Å². The summed E-state index contributed by atoms with van der Waals surface area (Å²) in [6.45, 7) is 1.41. The lowest BCUT2D eigenvalue weighted by atomic mass is 9.93. The van der Waals surface area contributed by atoms with E-state index in [1.807, 2.05) is 12.4 Å². The molecule has 4 heteroatoms. The van der Waals surface area contributed by atoms with E-state index in [1.54, 1.807) is 0 Å². The van der Waals surface area contributed by atoms with Crippen LogP contribution in [0.1, 0.15) is 37.7 Å². The van der Waals surface area contributed by atoms with Crippen LogP contribution >= 0.6 is 0 Å². The Balaban J connectivity index is 1.81. The van der Waals surface area contributed by atoms with E-state index in [-0.39, 0.29) is 0 Å². The van der Waals surface area contributed by atoms with Crippen molar-refractivity contribution in [1.82, 2.24) is 9.97 Å². The molecule has 3 heterocycles. The van der Waals surface area contributed by atoms with Gasteiger partial charge in [-0.15, -0.1) is 0 Å². The first kappa shape index (κ1) is 11.3. The number of pyridine rings is 1. The topological polar surface area (TPSA) is 41.1 Å². The molecule has 1 fully saturated rings. The van der Waals surface area contributed by atoms with Crippen LogP contribution in [0, 0.1) is 0 Å². The number of nitrogens with one attached hydrogen (secondary N) is 1. The second-order valence-corrected chi connectivity index (χ2v) is 5.61. The molecule has 2 aliphatic rings. The summed E-state index contributed by atoms with van der Waals surface area (Å²) in [6.07, 6.45) is 10.6. The van der Waals surface area contributed by atoms with Crippen molar-refractivity contribution in [3.63, 3.8) is 0 Å². The molecule has 1 aliphatic carbocycles. The summed E-state index contributed by atoms with van der Waals surface area (Å²) in [5, 5.41) is 1.24. The molecule has 0 saturated heterocycles. The van der Waals surface area contributed by atoms with Gasteiger partial charge in [0.25, 0.3) is 0 Å². The largest absolute Gasteiger partial charge is 0.356 e. The van der Waals surface area contributed by atoms with Gasteiger partial charge in [-0.2, -0.15) is 0 Å². The van der Waals surface area contributed by atoms with Gasteiger partial charge in [-0.05, 0) is 18.9 Å². The first-order chi connectivity index (χ1) is 9.43. The maximum absolute atomic E-state index is 5.76. The van der Waals surface area contributed by atoms with Gasteiger partial charge in [0.1, 0.15) is 12.4 Å². The van der Waals surface area contributed by atoms with Gasteiger partial charge in [0, 0.05) is 29.4 Å². The van der Waals surface area contributed by atoms with Crippen molar-refractivity contribution in [2.24, 2.45) is 0 Å². The van der Waals surface area contributed by atoms with E-state index < -0.39 is 0 Å². The van der Waals surface area contributed by atoms with Gasteiger partial charge in [-0.25, -0.2) is 4.98 Å². The number of aromatic nitrogens is 2. The normalized spacial score (nSPS) is 20.7. The minimum Gasteiger partial charge on any atom is -0.356 e. The molecule has 1 aliphatic heterocycles. The third-order valence-electron chi connectivity index (χ3n) is 4.42. The maximum atomic E-state index is 5.76. The number of aromatic amines is 1. The summed E-state index contributed by atoms with van der Waals surface area (Å²) >= 11 is 0. The fourth-order valence-electron chi connectivity index (χ4n) is 3.48. The fourth-order valence-corrected chi connectivity index (χ4v) is 3.48. The number of rotatable bonds is 1. The van der Waals surface area contributed by atoms with Crippen LogP contribution in [0.4, 0.5) is 5.69 Å². The van der Waals surface area contributed by atoms with Crippen LogP contribution in [0.5, 0.6) is 0 Å². The Morgan fingerprint density at radius 3 is 3.05 bits per heavy atom. The smallest absolute Gasteiger partial charge is 0.139 e. The Morgan fingerprint density at radius 1 is 1.26 bits per heavy atom. The van der Waals surface area contributed by atoms with E-state index in [0.717, 1.165) is 12.4 Å². The number of H-pyrrole nitrogens is 1. The van der Waals surface area contributed by atoms with Gasteiger partial charge < -0.3 is 14.6 Å². The van der Waals surface area contributed by atoms with E-state index in [4.69, 9.17) is 4.74 Å². The van der Waals surface area contributed by atoms with Crippen LogP contribution in [-0.2, 0) is 11.3 Å². The van der Waals surface area contributed by atoms with Gasteiger partial charge >= 0.3 is 0 Å². The van der Waals surface area contributed by atoms with Crippen LogP contribution < -0.4 is 4.90 Å². The fraction of sp³-hybridized carbons (Fsp3) is 0.533. The van der Waals surface area contributed by atoms with Gasteiger partial charge in [-0.1, -0.05) is 19.3 Å². The van der Waals surface area contributed by atoms with Crippen molar-refractivity contribution in [2.75, 3.05) is 11.6 Å². The third kappa shape index (κ3) is 1.82. The van der Waals surface area contributed by atoms with E-state index in [9.17, 15) is 0 Å². The molecule has 2 aromatic heterocycles. The lowest BCUT2D eigenvalue weighted by Crippen LogP contribution is -2.41. The molecular formula is C15H19N3O. The number of hydrogen-bond acceptors (Lipinski definition) is 3. The summed E-state index contributed by atoms with van der Waals surface area (Å²) in [5.41, 5.74) is 3.56. The highest BCUT2D eigenvalue weighted by molar-refractivity contribution is 5.92. The second-order valence-electron chi connectivity index (χ2n) is 5.61. The minimum atomic E-state index is 0.633. The summed E-state index contributed by atoms with van der Waals surface area (Å²) in [6, 6.07) is 2.77. The highest BCUT2D eigenvalue weighted by Crippen LogP contribution is 2.36. The molecule has 1 saturated carbocycles. The number of fused-ring (bicyclic) bond motifs is 3. The number of anilines is 1. The lowest BCUT2D eigenvalue weighted by molar-refractivity contribution is 0.100. The van der Waals surface area contributed by atoms with Crippen molar-refractivity contribution < 1.29 is 4.74 Å². The Hall–Kier alpha value is -1.55. The van der Waals surface area contributed by atoms with Crippen molar-refractivity contribution in [2.45, 2.75) is 44.8 Å². The molecule has 100 valence electrons. The van der Waals surface area contributed by atoms with E-state index in [0.29, 0.717) is 12.6 Å². The minimum absolute atomic E-state index is 0.633. The monoisotopic (exact) mass is 257 g/mol. The molecular weight excluding hydrogens is 238 g/mol. The predicted octanol–water partition coefficient (Wildman–Crippen LogP) is 3.19. The molecule has 0 unspecified atom stereocenters. The average molecular weight is 257 g/mol. The van der Waals surface area contributed by atoms with Crippen LogP contribution in [-0.4, -0.2) is 22.7 Å². The van der Waals surface area contributed by atoms with Crippen molar-refractivity contribution in [3.8, 4) is 0 Å². The zero-order valence-corrected chi connectivity index (χ0v) is 11.1. The predicted molar refractivity (Wildman–Crippen MR) is 75.1 cm³/mol. The molecule has 4 nitrogen and oxygen atoms in total. The molecule has 19 heavy (non-hydrogen) atoms. The quantitative estimate of drug-likeness (QED) is 0.853. The number of hydrogen-bond donors (Lipinski definition) is 1. The zero-order valence-electron chi connectivity index (χ0n) is 11.1. The van der Waals surface area contributed by atoms with E-state index >= 15 is 0 Å². The molecule has 0 bridgehead atoms. The van der Waals surface area contributed by atoms with Gasteiger partial charge in [0.2, 0.25) is 0 Å². The number of ether oxygens (including phenoxy) is 1. The molecule has 1 N–H and O–H groups in total. The SMILES string of the molecule is c1cc2c3c(cnc2[nH]1)COCN3C1CCCCC1. The Bertz CT molecular complexity index is 586. The first-order valence-corrected chi connectivity index (χ1v) is 7.23. The zero-order chi connectivity index (χ0) is 12.7. The van der Waals surface area contributed by atoms with Crippen LogP contribution in [0.15, 0.2) is 18.5 Å². The summed E-state index contributed by atoms with van der Waals surface area (Å²) in [4.78, 5) is 10.2. The van der Waals surface area contributed by atoms with Crippen LogP contribution in [0.2, 0.25) is 0 Å². The molecule has 0 spiro atoms. The highest BCUT2D eigenvalue weighted by Gasteiger charge is 2.28. The third-order valence-corrected chi connectivity index (χ3v) is 4.42. The molecule has 0 amide bonds. The van der Waals surface area contributed by atoms with Crippen LogP contribution in [0.3, 0.4) is 0 Å². The Labute approximate surface area is 112 Å². The van der Waals surface area contributed by atoms with Gasteiger partial charge in [0.15, 0.2) is 0 Å². The maximum Gasteiger partial charge on any atom is 0.139 e. The molecule has 4 rings (SSSR count). The Morgan fingerprint density at radius 2 is 2.16 bits per heavy atom. The number of nitrogens with zero attached hydrogens (tertiary/aromatic N) is 2. The second kappa shape index (κ2) is 4.53. The van der Waals surface area contributed by atoms with Crippen molar-refractivity contribution in [3.05, 3.63) is 24.0 Å². The Kier molecular flexibility index (Phi) is 2.69. The van der Waals surface area contributed by atoms with Gasteiger partial charge in [0.05, 0.1) is 12.3 Å². The lowest BCUT2D eigenvalue weighted by Gasteiger charge is -2.39. The molecule has 0 radical (unpaired) electrons. The highest BCUT2D eigenvalue weighted by atomic mass is 16.5.